The van der Waals surface area contributed by atoms with Gasteiger partial charge in [0.2, 0.25) is 11.9 Å². The molecular formula is C32H35F3N10O5. The van der Waals surface area contributed by atoms with E-state index in [0.717, 1.165) is 85.1 Å². The number of benzene rings is 2. The van der Waals surface area contributed by atoms with Gasteiger partial charge in [-0.15, -0.1) is 5.10 Å². The molecule has 2 aromatic carbocycles. The minimum atomic E-state index is -5.08. The molecule has 5 heterocycles. The van der Waals surface area contributed by atoms with E-state index in [0.29, 0.717) is 31.7 Å². The molecule has 0 radical (unpaired) electrons. The van der Waals surface area contributed by atoms with Gasteiger partial charge in [0.15, 0.2) is 5.75 Å². The fourth-order valence-electron chi connectivity index (χ4n) is 5.28. The Balaban J connectivity index is 0.000000561. The lowest BCUT2D eigenvalue weighted by atomic mass is 10.1. The number of nitrogens with zero attached hydrogens (tertiary/aromatic N) is 9. The van der Waals surface area contributed by atoms with E-state index >= 15 is 0 Å². The standard InChI is InChI=1S/C30H34N10O3.C2HF3O2/c1-37-20-23(19-33-37)26-7-2-22-18-31-29(35-27(22)28(26)43-17-10-38-8-13-41-14-9-38)34-24-3-5-25(6-4-24)40-21-32-30(36-40)39-11-15-42-16-12-39;3-2(4,5)1(6)7/h2-7,18-21H,8-17H2,1H3,(H,31,34,35);(H,6,7). The van der Waals surface area contributed by atoms with Gasteiger partial charge in [-0.1, -0.05) is 6.07 Å². The number of nitrogens with one attached hydrogen (secondary N) is 1. The molecule has 0 saturated carbocycles. The number of carboxylic acid groups (broad SMARTS) is 1. The minimum Gasteiger partial charge on any atom is -0.489 e. The van der Waals surface area contributed by atoms with Crippen LogP contribution in [0.1, 0.15) is 0 Å². The number of carboxylic acids is 1. The summed E-state index contributed by atoms with van der Waals surface area (Å²) in [5.74, 6) is -0.838. The van der Waals surface area contributed by atoms with Crippen LogP contribution in [0, 0.1) is 0 Å². The number of hydrogen-bond acceptors (Lipinski definition) is 12. The van der Waals surface area contributed by atoms with Crippen molar-refractivity contribution in [3.05, 3.63) is 61.3 Å². The highest BCUT2D eigenvalue weighted by Gasteiger charge is 2.38. The van der Waals surface area contributed by atoms with Crippen LogP contribution in [0.15, 0.2) is 61.3 Å². The van der Waals surface area contributed by atoms with Crippen LogP contribution in [-0.2, 0) is 21.3 Å². The number of fused-ring (bicyclic) bond motifs is 1. The molecule has 15 nitrogen and oxygen atoms in total. The smallest absolute Gasteiger partial charge is 0.489 e. The number of carbonyl (C=O) groups is 1. The molecule has 2 fully saturated rings. The van der Waals surface area contributed by atoms with Gasteiger partial charge in [-0.3, -0.25) is 9.58 Å². The van der Waals surface area contributed by atoms with Crippen LogP contribution in [0.5, 0.6) is 5.75 Å². The Morgan fingerprint density at radius 3 is 2.34 bits per heavy atom. The largest absolute Gasteiger partial charge is 0.490 e. The minimum absolute atomic E-state index is 0.483. The van der Waals surface area contributed by atoms with Crippen molar-refractivity contribution in [1.82, 2.24) is 39.4 Å². The van der Waals surface area contributed by atoms with E-state index in [9.17, 15) is 13.2 Å². The topological polar surface area (TPSA) is 158 Å². The number of anilines is 3. The third kappa shape index (κ3) is 8.63. The van der Waals surface area contributed by atoms with Gasteiger partial charge in [-0.2, -0.15) is 23.3 Å². The first-order valence-corrected chi connectivity index (χ1v) is 15.8. The lowest BCUT2D eigenvalue weighted by molar-refractivity contribution is -0.192. The number of halogens is 3. The van der Waals surface area contributed by atoms with Gasteiger partial charge >= 0.3 is 12.1 Å². The van der Waals surface area contributed by atoms with E-state index in [1.54, 1.807) is 15.7 Å². The molecule has 18 heteroatoms. The molecule has 0 bridgehead atoms. The van der Waals surface area contributed by atoms with Crippen molar-refractivity contribution in [2.75, 3.05) is 76.0 Å². The first-order chi connectivity index (χ1) is 24.1. The van der Waals surface area contributed by atoms with Crippen LogP contribution in [0.4, 0.5) is 30.8 Å². The van der Waals surface area contributed by atoms with Crippen LogP contribution in [-0.4, -0.2) is 122 Å². The maximum Gasteiger partial charge on any atom is 0.490 e. The predicted octanol–water partition coefficient (Wildman–Crippen LogP) is 3.54. The molecule has 2 saturated heterocycles. The SMILES string of the molecule is Cn1cc(-c2ccc3cnc(Nc4ccc(-n5cnc(N6CCOCC6)n5)cc4)nc3c2OCCN2CCOCC2)cn1.O=C(O)C(F)(F)F. The lowest BCUT2D eigenvalue weighted by Crippen LogP contribution is -2.38. The van der Waals surface area contributed by atoms with Gasteiger partial charge in [0, 0.05) is 74.4 Å². The number of morpholine rings is 2. The maximum atomic E-state index is 10.6. The molecule has 0 amide bonds. The molecule has 0 aliphatic carbocycles. The quantitative estimate of drug-likeness (QED) is 0.231. The highest BCUT2D eigenvalue weighted by molar-refractivity contribution is 5.92. The van der Waals surface area contributed by atoms with Gasteiger partial charge in [-0.25, -0.2) is 19.4 Å². The molecular weight excluding hydrogens is 661 g/mol. The molecule has 7 rings (SSSR count). The number of hydrogen-bond donors (Lipinski definition) is 2. The van der Waals surface area contributed by atoms with Crippen molar-refractivity contribution in [2.45, 2.75) is 6.18 Å². The van der Waals surface area contributed by atoms with Crippen molar-refractivity contribution in [3.8, 4) is 22.6 Å². The second-order valence-corrected chi connectivity index (χ2v) is 11.3. The zero-order valence-electron chi connectivity index (χ0n) is 27.1. The summed E-state index contributed by atoms with van der Waals surface area (Å²) in [5, 5.41) is 20.4. The van der Waals surface area contributed by atoms with Crippen molar-refractivity contribution in [2.24, 2.45) is 7.05 Å². The van der Waals surface area contributed by atoms with E-state index in [1.807, 2.05) is 62.0 Å². The summed E-state index contributed by atoms with van der Waals surface area (Å²) in [4.78, 5) is 27.4. The summed E-state index contributed by atoms with van der Waals surface area (Å²) in [5.41, 5.74) is 4.43. The van der Waals surface area contributed by atoms with Crippen molar-refractivity contribution >= 4 is 34.5 Å². The maximum absolute atomic E-state index is 10.6. The number of aliphatic carboxylic acids is 1. The molecule has 2 N–H and O–H groups in total. The monoisotopic (exact) mass is 696 g/mol. The molecule has 0 atom stereocenters. The average Bonchev–Trinajstić information content (AvgIpc) is 3.79. The van der Waals surface area contributed by atoms with Gasteiger partial charge in [0.05, 0.1) is 38.3 Å². The second-order valence-electron chi connectivity index (χ2n) is 11.3. The Hall–Kier alpha value is -5.33. The Bertz CT molecular complexity index is 1890. The van der Waals surface area contributed by atoms with E-state index in [4.69, 9.17) is 29.1 Å². The first-order valence-electron chi connectivity index (χ1n) is 15.8. The van der Waals surface area contributed by atoms with E-state index in [1.165, 1.54) is 0 Å². The number of rotatable bonds is 9. The molecule has 264 valence electrons. The van der Waals surface area contributed by atoms with Gasteiger partial charge in [-0.05, 0) is 30.3 Å². The molecule has 0 spiro atoms. The number of aryl methyl sites for hydroxylation is 1. The molecule has 3 aromatic heterocycles. The summed E-state index contributed by atoms with van der Waals surface area (Å²) in [6.45, 7) is 7.66. The molecule has 50 heavy (non-hydrogen) atoms. The Kier molecular flexibility index (Phi) is 10.7. The third-order valence-corrected chi connectivity index (χ3v) is 7.88. The highest BCUT2D eigenvalue weighted by Crippen LogP contribution is 2.36. The van der Waals surface area contributed by atoms with Crippen LogP contribution in [0.3, 0.4) is 0 Å². The van der Waals surface area contributed by atoms with Gasteiger partial charge < -0.3 is 29.5 Å². The normalized spacial score (nSPS) is 15.4. The van der Waals surface area contributed by atoms with Crippen molar-refractivity contribution in [3.63, 3.8) is 0 Å². The zero-order chi connectivity index (χ0) is 35.1. The summed E-state index contributed by atoms with van der Waals surface area (Å²) >= 11 is 0. The van der Waals surface area contributed by atoms with Gasteiger partial charge in [0.1, 0.15) is 18.5 Å². The van der Waals surface area contributed by atoms with Gasteiger partial charge in [0.25, 0.3) is 0 Å². The average molecular weight is 697 g/mol. The van der Waals surface area contributed by atoms with Crippen molar-refractivity contribution in [1.29, 1.82) is 0 Å². The Morgan fingerprint density at radius 1 is 0.980 bits per heavy atom. The Labute approximate surface area is 284 Å². The van der Waals surface area contributed by atoms with Crippen LogP contribution in [0.2, 0.25) is 0 Å². The fourth-order valence-corrected chi connectivity index (χ4v) is 5.28. The lowest BCUT2D eigenvalue weighted by Gasteiger charge is -2.26. The van der Waals surface area contributed by atoms with E-state index < -0.39 is 12.1 Å². The number of alkyl halides is 3. The van der Waals surface area contributed by atoms with E-state index in [-0.39, 0.29) is 0 Å². The Morgan fingerprint density at radius 2 is 1.68 bits per heavy atom. The summed E-state index contributed by atoms with van der Waals surface area (Å²) < 4.78 is 52.7. The van der Waals surface area contributed by atoms with E-state index in [2.05, 4.69) is 35.3 Å². The summed E-state index contributed by atoms with van der Waals surface area (Å²) in [6, 6.07) is 12.0. The van der Waals surface area contributed by atoms with Crippen LogP contribution >= 0.6 is 0 Å². The molecule has 2 aliphatic rings. The predicted molar refractivity (Wildman–Crippen MR) is 176 cm³/mol. The third-order valence-electron chi connectivity index (χ3n) is 7.88. The fraction of sp³-hybridized carbons (Fsp3) is 0.375. The zero-order valence-corrected chi connectivity index (χ0v) is 27.1. The summed E-state index contributed by atoms with van der Waals surface area (Å²) in [6.07, 6.45) is 2.30. The first kappa shape index (κ1) is 34.5. The molecule has 2 aliphatic heterocycles. The highest BCUT2D eigenvalue weighted by atomic mass is 19.4. The van der Waals surface area contributed by atoms with Crippen molar-refractivity contribution < 1.29 is 37.3 Å². The molecule has 0 unspecified atom stereocenters. The molecule has 5 aromatic rings. The van der Waals surface area contributed by atoms with Crippen LogP contribution in [0.25, 0.3) is 27.7 Å². The van der Waals surface area contributed by atoms with Crippen LogP contribution < -0.4 is 15.0 Å². The number of ether oxygens (including phenoxy) is 3. The number of aromatic nitrogens is 7. The second kappa shape index (κ2) is 15.5. The summed E-state index contributed by atoms with van der Waals surface area (Å²) in [7, 11) is 1.91.